The molecule has 0 spiro atoms. The second kappa shape index (κ2) is 7.19. The highest BCUT2D eigenvalue weighted by atomic mass is 32.2. The summed E-state index contributed by atoms with van der Waals surface area (Å²) in [7, 11) is -3.93. The van der Waals surface area contributed by atoms with Crippen LogP contribution in [0.1, 0.15) is 22.3 Å². The molecule has 23 heavy (non-hydrogen) atoms. The van der Waals surface area contributed by atoms with E-state index in [0.29, 0.717) is 9.87 Å². The van der Waals surface area contributed by atoms with E-state index < -0.39 is 10.0 Å². The number of rotatable bonds is 7. The summed E-state index contributed by atoms with van der Waals surface area (Å²) in [6.45, 7) is 1.65. The maximum Gasteiger partial charge on any atom is 0.266 e. The van der Waals surface area contributed by atoms with Gasteiger partial charge >= 0.3 is 0 Å². The van der Waals surface area contributed by atoms with Crippen LogP contribution in [0.2, 0.25) is 0 Å². The number of amides is 1. The Hall–Kier alpha value is -2.47. The Kier molecular flexibility index (Phi) is 5.28. The molecule has 0 aliphatic heterocycles. The van der Waals surface area contributed by atoms with E-state index in [2.05, 4.69) is 0 Å². The second-order valence-electron chi connectivity index (χ2n) is 5.07. The average Bonchev–Trinajstić information content (AvgIpc) is 2.56. The van der Waals surface area contributed by atoms with Crippen molar-refractivity contribution in [1.82, 2.24) is 4.31 Å². The highest BCUT2D eigenvalue weighted by molar-refractivity contribution is 7.89. The molecule has 0 saturated heterocycles. The molecule has 0 aliphatic carbocycles. The number of ketones is 1. The van der Waals surface area contributed by atoms with Gasteiger partial charge in [-0.25, -0.2) is 12.7 Å². The number of nitrogens with zero attached hydrogens (tertiary/aromatic N) is 1. The lowest BCUT2D eigenvalue weighted by molar-refractivity contribution is -0.114. The molecule has 0 heterocycles. The molecule has 0 aromatic heterocycles. The highest BCUT2D eigenvalue weighted by Crippen LogP contribution is 2.16. The lowest BCUT2D eigenvalue weighted by atomic mass is 10.1. The van der Waals surface area contributed by atoms with Crippen molar-refractivity contribution in [3.8, 4) is 0 Å². The van der Waals surface area contributed by atoms with Crippen LogP contribution in [0.25, 0.3) is 0 Å². The number of sulfonamides is 1. The van der Waals surface area contributed by atoms with Gasteiger partial charge in [0.1, 0.15) is 0 Å². The first-order chi connectivity index (χ1) is 10.9. The van der Waals surface area contributed by atoms with Crippen LogP contribution in [0.3, 0.4) is 0 Å². The fourth-order valence-electron chi connectivity index (χ4n) is 2.06. The molecule has 2 aromatic rings. The quantitative estimate of drug-likeness (QED) is 0.577. The molecular formula is C17H17NO4S. The van der Waals surface area contributed by atoms with Crippen molar-refractivity contribution in [3.63, 3.8) is 0 Å². The maximum atomic E-state index is 12.4. The third kappa shape index (κ3) is 4.04. The largest absolute Gasteiger partial charge is 0.294 e. The number of carbonyl (C=O) groups excluding carboxylic acids is 2. The number of hydrogen-bond donors (Lipinski definition) is 0. The number of hydrogen-bond acceptors (Lipinski definition) is 4. The molecular weight excluding hydrogens is 314 g/mol. The Morgan fingerprint density at radius 3 is 2.22 bits per heavy atom. The van der Waals surface area contributed by atoms with E-state index in [1.54, 1.807) is 42.5 Å². The van der Waals surface area contributed by atoms with E-state index >= 15 is 0 Å². The summed E-state index contributed by atoms with van der Waals surface area (Å²) in [5.74, 6) is -0.212. The van der Waals surface area contributed by atoms with Gasteiger partial charge in [-0.1, -0.05) is 48.0 Å². The molecule has 0 saturated carbocycles. The Morgan fingerprint density at radius 2 is 1.65 bits per heavy atom. The van der Waals surface area contributed by atoms with E-state index in [4.69, 9.17) is 0 Å². The van der Waals surface area contributed by atoms with Crippen molar-refractivity contribution in [2.75, 3.05) is 6.54 Å². The molecule has 5 nitrogen and oxygen atoms in total. The van der Waals surface area contributed by atoms with Gasteiger partial charge < -0.3 is 0 Å². The van der Waals surface area contributed by atoms with Gasteiger partial charge in [-0.15, -0.1) is 0 Å². The van der Waals surface area contributed by atoms with Crippen LogP contribution < -0.4 is 0 Å². The molecule has 0 radical (unpaired) electrons. The fourth-order valence-corrected chi connectivity index (χ4v) is 3.25. The molecule has 2 rings (SSSR count). The molecule has 1 amide bonds. The first-order valence-electron chi connectivity index (χ1n) is 7.07. The van der Waals surface area contributed by atoms with Gasteiger partial charge in [0, 0.05) is 18.5 Å². The Bertz CT molecular complexity index is 783. The summed E-state index contributed by atoms with van der Waals surface area (Å²) in [5, 5.41) is 0. The monoisotopic (exact) mass is 331 g/mol. The fraction of sp³-hybridized carbons (Fsp3) is 0.176. The van der Waals surface area contributed by atoms with Crippen LogP contribution in [-0.4, -0.2) is 31.5 Å². The van der Waals surface area contributed by atoms with Crippen molar-refractivity contribution < 1.29 is 18.0 Å². The molecule has 0 aliphatic rings. The van der Waals surface area contributed by atoms with Crippen molar-refractivity contribution in [2.45, 2.75) is 18.2 Å². The highest BCUT2D eigenvalue weighted by Gasteiger charge is 2.23. The van der Waals surface area contributed by atoms with Gasteiger partial charge in [0.2, 0.25) is 6.41 Å². The van der Waals surface area contributed by atoms with E-state index in [-0.39, 0.29) is 30.1 Å². The predicted molar refractivity (Wildman–Crippen MR) is 86.5 cm³/mol. The molecule has 0 N–H and O–H groups in total. The van der Waals surface area contributed by atoms with Crippen LogP contribution in [0.15, 0.2) is 59.5 Å². The first kappa shape index (κ1) is 16.9. The number of carbonyl (C=O) groups is 2. The molecule has 120 valence electrons. The standard InChI is InChI=1S/C17H17NO4S/c1-14-7-9-16(10-8-14)23(21,22)18(13-19)12-11-17(20)15-5-3-2-4-6-15/h2-10,13H,11-12H2,1H3. The van der Waals surface area contributed by atoms with Gasteiger partial charge in [-0.2, -0.15) is 0 Å². The minimum atomic E-state index is -3.93. The zero-order valence-corrected chi connectivity index (χ0v) is 13.5. The van der Waals surface area contributed by atoms with Gasteiger partial charge in [0.25, 0.3) is 10.0 Å². The minimum absolute atomic E-state index is 0.0300. The van der Waals surface area contributed by atoms with Crippen molar-refractivity contribution in [1.29, 1.82) is 0 Å². The van der Waals surface area contributed by atoms with Crippen LogP contribution in [-0.2, 0) is 14.8 Å². The van der Waals surface area contributed by atoms with E-state index in [1.165, 1.54) is 12.1 Å². The lowest BCUT2D eigenvalue weighted by Crippen LogP contribution is -2.31. The van der Waals surface area contributed by atoms with Crippen LogP contribution >= 0.6 is 0 Å². The summed E-state index contributed by atoms with van der Waals surface area (Å²) < 4.78 is 25.5. The van der Waals surface area contributed by atoms with Gasteiger partial charge in [0.15, 0.2) is 5.78 Å². The normalized spacial score (nSPS) is 11.0. The predicted octanol–water partition coefficient (Wildman–Crippen LogP) is 2.42. The molecule has 0 atom stereocenters. The van der Waals surface area contributed by atoms with Crippen molar-refractivity contribution in [2.24, 2.45) is 0 Å². The van der Waals surface area contributed by atoms with Crippen LogP contribution in [0.5, 0.6) is 0 Å². The molecule has 0 unspecified atom stereocenters. The summed E-state index contributed by atoms with van der Waals surface area (Å²) in [6, 6.07) is 14.8. The van der Waals surface area contributed by atoms with Crippen molar-refractivity contribution >= 4 is 22.2 Å². The summed E-state index contributed by atoms with van der Waals surface area (Å²) in [6.07, 6.45) is 0.182. The lowest BCUT2D eigenvalue weighted by Gasteiger charge is -2.17. The summed E-state index contributed by atoms with van der Waals surface area (Å²) in [4.78, 5) is 23.2. The molecule has 0 fully saturated rings. The summed E-state index contributed by atoms with van der Waals surface area (Å²) in [5.41, 5.74) is 1.41. The number of Topliss-reactive ketones (excluding diaryl/α,β-unsaturated/α-hetero) is 1. The molecule has 0 bridgehead atoms. The molecule has 6 heteroatoms. The van der Waals surface area contributed by atoms with E-state index in [9.17, 15) is 18.0 Å². The van der Waals surface area contributed by atoms with Crippen molar-refractivity contribution in [3.05, 3.63) is 65.7 Å². The second-order valence-corrected chi connectivity index (χ2v) is 6.96. The first-order valence-corrected chi connectivity index (χ1v) is 8.51. The van der Waals surface area contributed by atoms with Crippen LogP contribution in [0.4, 0.5) is 0 Å². The topological polar surface area (TPSA) is 71.5 Å². The summed E-state index contributed by atoms with van der Waals surface area (Å²) >= 11 is 0. The minimum Gasteiger partial charge on any atom is -0.294 e. The third-order valence-corrected chi connectivity index (χ3v) is 5.15. The average molecular weight is 331 g/mol. The Labute approximate surface area is 135 Å². The Morgan fingerprint density at radius 1 is 1.04 bits per heavy atom. The Balaban J connectivity index is 2.12. The van der Waals surface area contributed by atoms with Gasteiger partial charge in [-0.3, -0.25) is 9.59 Å². The SMILES string of the molecule is Cc1ccc(S(=O)(=O)N(C=O)CCC(=O)c2ccccc2)cc1. The zero-order chi connectivity index (χ0) is 16.9. The number of benzene rings is 2. The van der Waals surface area contributed by atoms with Gasteiger partial charge in [0.05, 0.1) is 4.90 Å². The number of aryl methyl sites for hydroxylation is 1. The smallest absolute Gasteiger partial charge is 0.266 e. The van der Waals surface area contributed by atoms with E-state index in [0.717, 1.165) is 5.56 Å². The molecule has 2 aromatic carbocycles. The zero-order valence-electron chi connectivity index (χ0n) is 12.7. The van der Waals surface area contributed by atoms with E-state index in [1.807, 2.05) is 6.92 Å². The van der Waals surface area contributed by atoms with Gasteiger partial charge in [-0.05, 0) is 19.1 Å². The maximum absolute atomic E-state index is 12.4. The van der Waals surface area contributed by atoms with Crippen LogP contribution in [0, 0.1) is 6.92 Å². The third-order valence-electron chi connectivity index (χ3n) is 3.40.